The lowest BCUT2D eigenvalue weighted by molar-refractivity contribution is 0.0596. The van der Waals surface area contributed by atoms with E-state index in [2.05, 4.69) is 34.8 Å². The van der Waals surface area contributed by atoms with Gasteiger partial charge in [0.05, 0.1) is 45.8 Å². The molecule has 0 aliphatic carbocycles. The van der Waals surface area contributed by atoms with Crippen LogP contribution in [0.15, 0.2) is 90.3 Å². The molecule has 0 bridgehead atoms. The molecule has 2 unspecified atom stereocenters. The number of sulfonamides is 2. The van der Waals surface area contributed by atoms with Crippen molar-refractivity contribution in [2.24, 2.45) is 0 Å². The Morgan fingerprint density at radius 2 is 1.64 bits per heavy atom. The number of nitrogens with one attached hydrogen (secondary N) is 3. The maximum atomic E-state index is 13.3. The third-order valence-electron chi connectivity index (χ3n) is 7.91. The molecule has 1 aliphatic rings. The van der Waals surface area contributed by atoms with Crippen LogP contribution in [0.5, 0.6) is 11.8 Å². The van der Waals surface area contributed by atoms with Gasteiger partial charge in [0.1, 0.15) is 35.1 Å². The lowest BCUT2D eigenvalue weighted by Gasteiger charge is -2.14. The number of methoxy groups -OCH3 is 3. The van der Waals surface area contributed by atoms with Crippen LogP contribution in [-0.4, -0.2) is 81.2 Å². The average Bonchev–Trinajstić information content (AvgIpc) is 3.64. The Morgan fingerprint density at radius 1 is 0.964 bits per heavy atom. The van der Waals surface area contributed by atoms with Gasteiger partial charge in [-0.15, -0.1) is 0 Å². The maximum Gasteiger partial charge on any atom is 0.339 e. The molecule has 18 nitrogen and oxygen atoms in total. The summed E-state index contributed by atoms with van der Waals surface area (Å²) in [7, 11) is -4.53. The summed E-state index contributed by atoms with van der Waals surface area (Å²) < 4.78 is 87.8. The second kappa shape index (κ2) is 17.4. The first kappa shape index (κ1) is 41.4. The summed E-state index contributed by atoms with van der Waals surface area (Å²) in [6.45, 7) is 0.223. The minimum Gasteiger partial charge on any atom is -0.481 e. The SMILES string of the molecule is COC(=O)c1ccc(CNS(C)(=O)=O)cc1S(=O)(=O)NC(=O)Nc1nc(OC)cc(OC)n1.Fc1ccc(C2(Cn3cncn3)OC2c2ccccc2Cl)cc1. The summed E-state index contributed by atoms with van der Waals surface area (Å²) >= 11 is 6.31. The van der Waals surface area contributed by atoms with Crippen molar-refractivity contribution in [3.05, 3.63) is 119 Å². The number of hydrogen-bond acceptors (Lipinski definition) is 14. The number of anilines is 1. The summed E-state index contributed by atoms with van der Waals surface area (Å²) in [6.07, 6.45) is 3.84. The monoisotopic (exact) mass is 832 g/mol. The van der Waals surface area contributed by atoms with Crippen molar-refractivity contribution in [1.82, 2.24) is 34.2 Å². The van der Waals surface area contributed by atoms with Crippen molar-refractivity contribution in [1.29, 1.82) is 0 Å². The van der Waals surface area contributed by atoms with Gasteiger partial charge in [0.25, 0.3) is 10.0 Å². The molecule has 1 aliphatic heterocycles. The Kier molecular flexibility index (Phi) is 12.9. The highest BCUT2D eigenvalue weighted by molar-refractivity contribution is 7.90. The summed E-state index contributed by atoms with van der Waals surface area (Å²) in [5.74, 6) is -1.50. The number of amides is 2. The molecule has 2 aromatic heterocycles. The van der Waals surface area contributed by atoms with E-state index >= 15 is 0 Å². The van der Waals surface area contributed by atoms with Crippen LogP contribution in [0, 0.1) is 5.82 Å². The van der Waals surface area contributed by atoms with Gasteiger partial charge in [-0.2, -0.15) is 15.1 Å². The topological polar surface area (TPSA) is 235 Å². The number of ether oxygens (including phenoxy) is 4. The molecule has 2 atom stereocenters. The van der Waals surface area contributed by atoms with Crippen molar-refractivity contribution in [3.63, 3.8) is 0 Å². The molecule has 0 spiro atoms. The molecule has 0 radical (unpaired) electrons. The smallest absolute Gasteiger partial charge is 0.339 e. The minimum absolute atomic E-state index is 0.0408. The van der Waals surface area contributed by atoms with Crippen molar-refractivity contribution in [3.8, 4) is 11.8 Å². The minimum atomic E-state index is -4.63. The van der Waals surface area contributed by atoms with E-state index in [0.29, 0.717) is 11.6 Å². The van der Waals surface area contributed by atoms with Gasteiger partial charge in [0, 0.05) is 17.1 Å². The van der Waals surface area contributed by atoms with Gasteiger partial charge in [0.2, 0.25) is 27.7 Å². The molecule has 1 fully saturated rings. The number of esters is 1. The average molecular weight is 833 g/mol. The van der Waals surface area contributed by atoms with Crippen LogP contribution in [0.3, 0.4) is 0 Å². The van der Waals surface area contributed by atoms with E-state index in [1.54, 1.807) is 27.9 Å². The van der Waals surface area contributed by atoms with E-state index in [-0.39, 0.29) is 47.3 Å². The molecule has 3 aromatic carbocycles. The molecule has 1 saturated heterocycles. The predicted molar refractivity (Wildman–Crippen MR) is 197 cm³/mol. The molecule has 2 amide bonds. The van der Waals surface area contributed by atoms with E-state index in [9.17, 15) is 30.8 Å². The number of epoxide rings is 1. The maximum absolute atomic E-state index is 13.3. The molecule has 6 rings (SSSR count). The number of nitrogens with zero attached hydrogens (tertiary/aromatic N) is 5. The zero-order chi connectivity index (χ0) is 40.7. The highest BCUT2D eigenvalue weighted by atomic mass is 35.5. The van der Waals surface area contributed by atoms with Crippen molar-refractivity contribution in [2.45, 2.75) is 29.7 Å². The van der Waals surface area contributed by atoms with Gasteiger partial charge in [-0.3, -0.25) is 5.32 Å². The molecule has 56 heavy (non-hydrogen) atoms. The number of carbonyl (C=O) groups excluding carboxylic acids is 2. The second-order valence-corrected chi connectivity index (χ2v) is 15.7. The molecular formula is C34H34ClFN8O10S2. The Balaban J connectivity index is 0.000000227. The van der Waals surface area contributed by atoms with Crippen molar-refractivity contribution >= 4 is 49.6 Å². The van der Waals surface area contributed by atoms with Gasteiger partial charge in [-0.1, -0.05) is 48.0 Å². The van der Waals surface area contributed by atoms with Crippen LogP contribution < -0.4 is 24.2 Å². The number of aromatic nitrogens is 5. The van der Waals surface area contributed by atoms with E-state index in [1.807, 2.05) is 24.3 Å². The van der Waals surface area contributed by atoms with Gasteiger partial charge >= 0.3 is 12.0 Å². The molecule has 22 heteroatoms. The van der Waals surface area contributed by atoms with Crippen LogP contribution in [0.4, 0.5) is 15.1 Å². The van der Waals surface area contributed by atoms with Crippen LogP contribution >= 0.6 is 11.6 Å². The fraction of sp³-hybridized carbons (Fsp3) is 0.235. The standard InChI is InChI=1S/C17H13ClFN3O.C17H21N5O9S2/c18-15-4-2-1-3-14(15)16-17(23-16,9-22-11-20-10-21-22)12-5-7-13(19)8-6-12;1-29-13-8-14(30-2)20-16(19-13)21-17(24)22-33(27,28)12-7-10(9-18-32(4,25)26)5-6-11(12)15(23)31-3/h1-8,10-11,16H,9H2;5-8,18H,9H2,1-4H3,(H2,19,20,21,22,24). The van der Waals surface area contributed by atoms with Gasteiger partial charge < -0.3 is 18.9 Å². The van der Waals surface area contributed by atoms with Crippen molar-refractivity contribution < 1.29 is 49.8 Å². The lowest BCUT2D eigenvalue weighted by atomic mass is 9.91. The van der Waals surface area contributed by atoms with Gasteiger partial charge in [-0.05, 0) is 41.5 Å². The number of benzene rings is 3. The Labute approximate surface area is 325 Å². The predicted octanol–water partition coefficient (Wildman–Crippen LogP) is 3.58. The van der Waals surface area contributed by atoms with E-state index in [4.69, 9.17) is 25.8 Å². The third-order valence-corrected chi connectivity index (χ3v) is 10.3. The Morgan fingerprint density at radius 3 is 2.23 bits per heavy atom. The lowest BCUT2D eigenvalue weighted by Crippen LogP contribution is -2.35. The van der Waals surface area contributed by atoms with Gasteiger partial charge in [0.15, 0.2) is 0 Å². The number of halogens is 2. The normalized spacial score (nSPS) is 16.1. The molecular weight excluding hydrogens is 799 g/mol. The Bertz CT molecular complexity index is 2400. The van der Waals surface area contributed by atoms with Crippen LogP contribution in [-0.2, 0) is 48.2 Å². The highest BCUT2D eigenvalue weighted by Crippen LogP contribution is 2.59. The number of urea groups is 1. The van der Waals surface area contributed by atoms with E-state index in [0.717, 1.165) is 36.6 Å². The largest absolute Gasteiger partial charge is 0.481 e. The summed E-state index contributed by atoms with van der Waals surface area (Å²) in [4.78, 5) is 35.4. The van der Waals surface area contributed by atoms with Gasteiger partial charge in [-0.25, -0.2) is 49.9 Å². The zero-order valence-electron chi connectivity index (χ0n) is 30.0. The number of hydrogen-bond donors (Lipinski definition) is 3. The van der Waals surface area contributed by atoms with Crippen LogP contribution in [0.25, 0.3) is 0 Å². The molecule has 296 valence electrons. The zero-order valence-corrected chi connectivity index (χ0v) is 32.4. The van der Waals surface area contributed by atoms with E-state index < -0.39 is 42.5 Å². The fourth-order valence-electron chi connectivity index (χ4n) is 5.26. The fourth-order valence-corrected chi connectivity index (χ4v) is 7.08. The summed E-state index contributed by atoms with van der Waals surface area (Å²) in [5, 5.41) is 6.93. The summed E-state index contributed by atoms with van der Waals surface area (Å²) in [5.41, 5.74) is 1.01. The Hall–Kier alpha value is -5.74. The molecule has 5 aromatic rings. The molecule has 0 saturated carbocycles. The van der Waals surface area contributed by atoms with Crippen LogP contribution in [0.1, 0.15) is 33.2 Å². The van der Waals surface area contributed by atoms with Crippen LogP contribution in [0.2, 0.25) is 5.02 Å². The number of rotatable bonds is 13. The second-order valence-electron chi connectivity index (χ2n) is 11.8. The van der Waals surface area contributed by atoms with Crippen molar-refractivity contribution in [2.75, 3.05) is 32.9 Å². The van der Waals surface area contributed by atoms with E-state index in [1.165, 1.54) is 44.8 Å². The number of carbonyl (C=O) groups is 2. The first-order valence-electron chi connectivity index (χ1n) is 16.0. The molecule has 3 heterocycles. The first-order chi connectivity index (χ1) is 26.6. The first-order valence-corrected chi connectivity index (χ1v) is 19.8. The molecule has 3 N–H and O–H groups in total. The summed E-state index contributed by atoms with van der Waals surface area (Å²) in [6, 6.07) is 17.5. The highest BCUT2D eigenvalue weighted by Gasteiger charge is 2.59. The third kappa shape index (κ3) is 10.3. The quantitative estimate of drug-likeness (QED) is 0.114.